The average molecular weight is 376 g/mol. The molecule has 7 heteroatoms. The van der Waals surface area contributed by atoms with Crippen molar-refractivity contribution >= 4 is 17.7 Å². The Morgan fingerprint density at radius 1 is 1.48 bits per heavy atom. The molecule has 0 aromatic heterocycles. The molecule has 0 spiro atoms. The van der Waals surface area contributed by atoms with Crippen LogP contribution in [-0.4, -0.2) is 60.8 Å². The monoisotopic (exact) mass is 375 g/mol. The summed E-state index contributed by atoms with van der Waals surface area (Å²) < 4.78 is 17.2. The van der Waals surface area contributed by atoms with Crippen LogP contribution in [0.25, 0.3) is 0 Å². The van der Waals surface area contributed by atoms with Crippen LogP contribution in [0, 0.1) is 5.92 Å². The fraction of sp³-hybridized carbons (Fsp3) is 0.833. The molecule has 0 aromatic rings. The zero-order valence-corrected chi connectivity index (χ0v) is 16.4. The second kappa shape index (κ2) is 7.82. The Bertz CT molecular complexity index is 524. The van der Waals surface area contributed by atoms with E-state index in [4.69, 9.17) is 25.8 Å². The molecule has 25 heavy (non-hydrogen) atoms. The first-order chi connectivity index (χ1) is 11.7. The molecule has 0 bridgehead atoms. The summed E-state index contributed by atoms with van der Waals surface area (Å²) in [4.78, 5) is 11.7. The van der Waals surface area contributed by atoms with Gasteiger partial charge in [0.05, 0.1) is 23.5 Å². The summed E-state index contributed by atoms with van der Waals surface area (Å²) in [5.74, 6) is -0.306. The van der Waals surface area contributed by atoms with Crippen molar-refractivity contribution in [2.75, 3.05) is 20.0 Å². The number of carbonyl (C=O) groups excluding carboxylic acids is 1. The Kier molecular flexibility index (Phi) is 6.41. The van der Waals surface area contributed by atoms with Crippen molar-refractivity contribution in [3.05, 3.63) is 11.6 Å². The van der Waals surface area contributed by atoms with Crippen molar-refractivity contribution in [3.63, 3.8) is 0 Å². The molecule has 2 N–H and O–H groups in total. The maximum atomic E-state index is 11.7. The summed E-state index contributed by atoms with van der Waals surface area (Å²) in [7, 11) is 3.08. The number of rotatable bonds is 6. The number of methoxy groups -OCH3 is 1. The van der Waals surface area contributed by atoms with Gasteiger partial charge in [0.1, 0.15) is 17.8 Å². The van der Waals surface area contributed by atoms with E-state index >= 15 is 0 Å². The molecule has 6 unspecified atom stereocenters. The lowest BCUT2D eigenvalue weighted by atomic mass is 9.66. The second-order valence-electron chi connectivity index (χ2n) is 7.46. The average Bonchev–Trinajstić information content (AvgIpc) is 3.24. The fourth-order valence-corrected chi connectivity index (χ4v) is 4.32. The Balaban J connectivity index is 2.25. The molecule has 6 nitrogen and oxygen atoms in total. The van der Waals surface area contributed by atoms with Crippen LogP contribution in [0.1, 0.15) is 40.0 Å². The Morgan fingerprint density at radius 2 is 2.16 bits per heavy atom. The predicted octanol–water partition coefficient (Wildman–Crippen LogP) is 2.62. The van der Waals surface area contributed by atoms with E-state index in [2.05, 4.69) is 11.4 Å². The largest absolute Gasteiger partial charge is 0.443 e. The number of epoxide rings is 1. The number of amides is 1. The molecule has 1 aliphatic heterocycles. The van der Waals surface area contributed by atoms with Gasteiger partial charge in [0, 0.05) is 14.2 Å². The van der Waals surface area contributed by atoms with Crippen molar-refractivity contribution in [2.24, 2.45) is 5.92 Å². The standard InChI is InChI=1S/C18H30ClNO5/c1-11(2)6-7-13-17(3,25-13)15-14(23-5)12(24-16(21)20-4)8-9-18(15,22)10-19/h6,12-15,22H,7-10H2,1-5H3,(H,20,21). The number of hydrogen-bond acceptors (Lipinski definition) is 5. The van der Waals surface area contributed by atoms with Gasteiger partial charge in [-0.2, -0.15) is 0 Å². The third-order valence-electron chi connectivity index (χ3n) is 5.44. The van der Waals surface area contributed by atoms with Crippen LogP contribution in [0.4, 0.5) is 4.79 Å². The number of alkyl carbamates (subject to hydrolysis) is 1. The number of ether oxygens (including phenoxy) is 3. The highest BCUT2D eigenvalue weighted by Crippen LogP contribution is 2.54. The molecule has 6 atom stereocenters. The molecule has 2 aliphatic rings. The first-order valence-corrected chi connectivity index (χ1v) is 9.26. The van der Waals surface area contributed by atoms with Crippen LogP contribution < -0.4 is 5.32 Å². The summed E-state index contributed by atoms with van der Waals surface area (Å²) >= 11 is 6.14. The van der Waals surface area contributed by atoms with E-state index in [0.717, 1.165) is 6.42 Å². The molecule has 144 valence electrons. The lowest BCUT2D eigenvalue weighted by Gasteiger charge is -2.48. The van der Waals surface area contributed by atoms with Crippen LogP contribution in [0.15, 0.2) is 11.6 Å². The SMILES string of the molecule is CNC(=O)OC1CCC(O)(CCl)C(C2(C)OC2CC=C(C)C)C1OC. The Hall–Kier alpha value is -0.820. The fourth-order valence-electron chi connectivity index (χ4n) is 4.02. The number of alkyl halides is 1. The summed E-state index contributed by atoms with van der Waals surface area (Å²) in [6, 6.07) is 0. The molecule has 1 heterocycles. The first-order valence-electron chi connectivity index (χ1n) is 8.72. The highest BCUT2D eigenvalue weighted by molar-refractivity contribution is 6.18. The van der Waals surface area contributed by atoms with Crippen molar-refractivity contribution in [1.82, 2.24) is 5.32 Å². The van der Waals surface area contributed by atoms with Crippen LogP contribution in [0.3, 0.4) is 0 Å². The number of aliphatic hydroxyl groups is 1. The van der Waals surface area contributed by atoms with Crippen molar-refractivity contribution in [2.45, 2.75) is 69.5 Å². The zero-order valence-electron chi connectivity index (χ0n) is 15.7. The van der Waals surface area contributed by atoms with Gasteiger partial charge in [-0.3, -0.25) is 0 Å². The molecule has 1 saturated heterocycles. The van der Waals surface area contributed by atoms with Crippen LogP contribution >= 0.6 is 11.6 Å². The maximum absolute atomic E-state index is 11.7. The number of allylic oxidation sites excluding steroid dienone is 1. The van der Waals surface area contributed by atoms with Gasteiger partial charge in [-0.05, 0) is 40.0 Å². The quantitative estimate of drug-likeness (QED) is 0.424. The minimum atomic E-state index is -1.13. The minimum absolute atomic E-state index is 0.0152. The van der Waals surface area contributed by atoms with Crippen molar-refractivity contribution in [3.8, 4) is 0 Å². The lowest BCUT2D eigenvalue weighted by Crippen LogP contribution is -2.61. The van der Waals surface area contributed by atoms with Gasteiger partial charge in [0.15, 0.2) is 0 Å². The summed E-state index contributed by atoms with van der Waals surface area (Å²) in [6.07, 6.45) is 2.34. The van der Waals surface area contributed by atoms with E-state index in [0.29, 0.717) is 12.8 Å². The van der Waals surface area contributed by atoms with E-state index in [9.17, 15) is 9.90 Å². The van der Waals surface area contributed by atoms with Crippen LogP contribution in [0.2, 0.25) is 0 Å². The summed E-state index contributed by atoms with van der Waals surface area (Å²) in [5, 5.41) is 13.6. The van der Waals surface area contributed by atoms with Gasteiger partial charge in [-0.1, -0.05) is 11.6 Å². The molecule has 0 aromatic carbocycles. The lowest BCUT2D eigenvalue weighted by molar-refractivity contribution is -0.170. The van der Waals surface area contributed by atoms with Gasteiger partial charge < -0.3 is 24.6 Å². The van der Waals surface area contributed by atoms with Gasteiger partial charge in [0.2, 0.25) is 0 Å². The molecule has 0 radical (unpaired) electrons. The third kappa shape index (κ3) is 4.13. The number of carbonyl (C=O) groups is 1. The molecule has 2 fully saturated rings. The maximum Gasteiger partial charge on any atom is 0.407 e. The van der Waals surface area contributed by atoms with Crippen LogP contribution in [0.5, 0.6) is 0 Å². The Labute approximate surface area is 154 Å². The van der Waals surface area contributed by atoms with E-state index < -0.39 is 29.5 Å². The normalized spacial score (nSPS) is 40.3. The summed E-state index contributed by atoms with van der Waals surface area (Å²) in [6.45, 7) is 6.06. The summed E-state index contributed by atoms with van der Waals surface area (Å²) in [5.41, 5.74) is -0.474. The zero-order chi connectivity index (χ0) is 18.8. The topological polar surface area (TPSA) is 80.3 Å². The smallest absolute Gasteiger partial charge is 0.407 e. The molecule has 1 amide bonds. The third-order valence-corrected chi connectivity index (χ3v) is 5.90. The van der Waals surface area contributed by atoms with Crippen molar-refractivity contribution < 1.29 is 24.1 Å². The van der Waals surface area contributed by atoms with E-state index in [1.54, 1.807) is 7.11 Å². The molecule has 1 aliphatic carbocycles. The molecular weight excluding hydrogens is 346 g/mol. The van der Waals surface area contributed by atoms with Crippen LogP contribution in [-0.2, 0) is 14.2 Å². The van der Waals surface area contributed by atoms with Gasteiger partial charge in [0.25, 0.3) is 0 Å². The number of nitrogens with one attached hydrogen (secondary N) is 1. The van der Waals surface area contributed by atoms with Gasteiger partial charge in [-0.25, -0.2) is 4.79 Å². The highest BCUT2D eigenvalue weighted by Gasteiger charge is 2.67. The predicted molar refractivity (Wildman–Crippen MR) is 95.8 cm³/mol. The number of hydrogen-bond donors (Lipinski definition) is 2. The minimum Gasteiger partial charge on any atom is -0.443 e. The first kappa shape index (κ1) is 20.5. The van der Waals surface area contributed by atoms with E-state index in [1.165, 1.54) is 12.6 Å². The number of halogens is 1. The Morgan fingerprint density at radius 3 is 2.68 bits per heavy atom. The molecular formula is C18H30ClNO5. The molecule has 1 saturated carbocycles. The van der Waals surface area contributed by atoms with E-state index in [-0.39, 0.29) is 17.9 Å². The highest BCUT2D eigenvalue weighted by atomic mass is 35.5. The van der Waals surface area contributed by atoms with Gasteiger partial charge >= 0.3 is 6.09 Å². The van der Waals surface area contributed by atoms with E-state index in [1.807, 2.05) is 20.8 Å². The van der Waals surface area contributed by atoms with Crippen molar-refractivity contribution in [1.29, 1.82) is 0 Å². The second-order valence-corrected chi connectivity index (χ2v) is 7.72. The molecule has 2 rings (SSSR count). The van der Waals surface area contributed by atoms with Gasteiger partial charge in [-0.15, -0.1) is 11.6 Å².